The molecular formula is C17H26O3Si. The first-order valence-electron chi connectivity index (χ1n) is 8.00. The molecule has 1 aliphatic carbocycles. The summed E-state index contributed by atoms with van der Waals surface area (Å²) < 4.78 is 17.6. The Hall–Kier alpha value is -0.683. The first-order valence-corrected chi connectivity index (χ1v) is 10.0. The Labute approximate surface area is 128 Å². The monoisotopic (exact) mass is 306 g/mol. The lowest BCUT2D eigenvalue weighted by Crippen LogP contribution is -2.53. The van der Waals surface area contributed by atoms with Gasteiger partial charge in [0, 0.05) is 14.2 Å². The van der Waals surface area contributed by atoms with Crippen LogP contribution in [0, 0.1) is 11.8 Å². The minimum absolute atomic E-state index is 0.545. The molecule has 0 spiro atoms. The summed E-state index contributed by atoms with van der Waals surface area (Å²) in [7, 11) is 1.29. The molecule has 0 bridgehead atoms. The van der Waals surface area contributed by atoms with Gasteiger partial charge in [0.2, 0.25) is 0 Å². The predicted octanol–water partition coefficient (Wildman–Crippen LogP) is 2.83. The third-order valence-electron chi connectivity index (χ3n) is 5.31. The van der Waals surface area contributed by atoms with E-state index in [4.69, 9.17) is 13.6 Å². The minimum atomic E-state index is -2.32. The zero-order valence-electron chi connectivity index (χ0n) is 13.2. The molecule has 1 saturated heterocycles. The Bertz CT molecular complexity index is 460. The van der Waals surface area contributed by atoms with Crippen molar-refractivity contribution in [3.05, 3.63) is 30.3 Å². The molecule has 2 fully saturated rings. The van der Waals surface area contributed by atoms with Crippen LogP contribution in [0.5, 0.6) is 0 Å². The molecule has 2 aliphatic rings. The summed E-state index contributed by atoms with van der Waals surface area (Å²) >= 11 is 0. The standard InChI is InChI=1S/C17H26O3Si/c1-13(14-9-10-16-17(11-14)20-16)12-21(18-2,19-3)15-7-5-4-6-8-15/h4-8,13-14,16-17H,9-12H2,1-3H3. The van der Waals surface area contributed by atoms with Gasteiger partial charge in [0.25, 0.3) is 0 Å². The SMILES string of the molecule is CO[Si](CC(C)C1CCC2OC2C1)(OC)c1ccccc1. The fourth-order valence-corrected chi connectivity index (χ4v) is 6.93. The van der Waals surface area contributed by atoms with E-state index in [9.17, 15) is 0 Å². The van der Waals surface area contributed by atoms with E-state index in [0.29, 0.717) is 18.1 Å². The number of hydrogen-bond acceptors (Lipinski definition) is 3. The Morgan fingerprint density at radius 1 is 1.14 bits per heavy atom. The van der Waals surface area contributed by atoms with Crippen molar-refractivity contribution >= 4 is 13.7 Å². The van der Waals surface area contributed by atoms with Crippen LogP contribution in [0.1, 0.15) is 26.2 Å². The molecule has 1 saturated carbocycles. The number of fused-ring (bicyclic) bond motifs is 1. The molecule has 3 nitrogen and oxygen atoms in total. The summed E-state index contributed by atoms with van der Waals surface area (Å²) in [5.41, 5.74) is 0. The molecule has 0 N–H and O–H groups in total. The summed E-state index contributed by atoms with van der Waals surface area (Å²) in [6, 6.07) is 11.5. The zero-order valence-corrected chi connectivity index (χ0v) is 14.2. The smallest absolute Gasteiger partial charge is 0.372 e. The van der Waals surface area contributed by atoms with Gasteiger partial charge in [0.1, 0.15) is 0 Å². The molecule has 1 aliphatic heterocycles. The Morgan fingerprint density at radius 3 is 2.48 bits per heavy atom. The van der Waals surface area contributed by atoms with Gasteiger partial charge in [-0.2, -0.15) is 0 Å². The first-order chi connectivity index (χ1) is 10.2. The first kappa shape index (κ1) is 15.2. The van der Waals surface area contributed by atoms with E-state index in [0.717, 1.165) is 12.0 Å². The van der Waals surface area contributed by atoms with Crippen molar-refractivity contribution in [3.63, 3.8) is 0 Å². The number of hydrogen-bond donors (Lipinski definition) is 0. The van der Waals surface area contributed by atoms with E-state index in [2.05, 4.69) is 31.2 Å². The highest BCUT2D eigenvalue weighted by Crippen LogP contribution is 2.43. The molecule has 4 unspecified atom stereocenters. The topological polar surface area (TPSA) is 31.0 Å². The Morgan fingerprint density at radius 2 is 1.86 bits per heavy atom. The zero-order chi connectivity index (χ0) is 14.9. The number of rotatable bonds is 6. The highest BCUT2D eigenvalue weighted by atomic mass is 28.4. The molecule has 4 atom stereocenters. The molecule has 0 radical (unpaired) electrons. The minimum Gasteiger partial charge on any atom is -0.394 e. The van der Waals surface area contributed by atoms with Crippen molar-refractivity contribution in [3.8, 4) is 0 Å². The summed E-state index contributed by atoms with van der Waals surface area (Å²) in [6.45, 7) is 2.36. The van der Waals surface area contributed by atoms with Gasteiger partial charge < -0.3 is 13.6 Å². The van der Waals surface area contributed by atoms with Gasteiger partial charge in [-0.15, -0.1) is 0 Å². The maximum atomic E-state index is 5.96. The van der Waals surface area contributed by atoms with Crippen molar-refractivity contribution in [1.82, 2.24) is 0 Å². The summed E-state index contributed by atoms with van der Waals surface area (Å²) in [5.74, 6) is 1.36. The third-order valence-corrected chi connectivity index (χ3v) is 9.03. The van der Waals surface area contributed by atoms with Crippen LogP contribution in [-0.4, -0.2) is 35.0 Å². The maximum Gasteiger partial charge on any atom is 0.372 e. The van der Waals surface area contributed by atoms with Crippen molar-refractivity contribution in [2.24, 2.45) is 11.8 Å². The van der Waals surface area contributed by atoms with Crippen LogP contribution in [0.4, 0.5) is 0 Å². The number of benzene rings is 1. The molecule has 1 aromatic rings. The second kappa shape index (κ2) is 6.21. The van der Waals surface area contributed by atoms with E-state index in [-0.39, 0.29) is 0 Å². The van der Waals surface area contributed by atoms with E-state index in [1.165, 1.54) is 24.4 Å². The fraction of sp³-hybridized carbons (Fsp3) is 0.647. The summed E-state index contributed by atoms with van der Waals surface area (Å²) in [5, 5.41) is 1.23. The van der Waals surface area contributed by atoms with Gasteiger partial charge in [-0.25, -0.2) is 0 Å². The average molecular weight is 306 g/mol. The van der Waals surface area contributed by atoms with Crippen LogP contribution in [0.15, 0.2) is 30.3 Å². The molecule has 4 heteroatoms. The Kier molecular flexibility index (Phi) is 4.50. The largest absolute Gasteiger partial charge is 0.394 e. The van der Waals surface area contributed by atoms with E-state index < -0.39 is 8.56 Å². The van der Waals surface area contributed by atoms with Crippen molar-refractivity contribution in [2.45, 2.75) is 44.4 Å². The van der Waals surface area contributed by atoms with Gasteiger partial charge >= 0.3 is 8.56 Å². The lowest BCUT2D eigenvalue weighted by atomic mass is 9.82. The van der Waals surface area contributed by atoms with Gasteiger partial charge in [-0.3, -0.25) is 0 Å². The average Bonchev–Trinajstić information content (AvgIpc) is 3.32. The van der Waals surface area contributed by atoms with Crippen LogP contribution in [-0.2, 0) is 13.6 Å². The third kappa shape index (κ3) is 3.09. The van der Waals surface area contributed by atoms with Crippen LogP contribution in [0.3, 0.4) is 0 Å². The van der Waals surface area contributed by atoms with E-state index in [1.54, 1.807) is 14.2 Å². The van der Waals surface area contributed by atoms with E-state index >= 15 is 0 Å². The van der Waals surface area contributed by atoms with Crippen LogP contribution < -0.4 is 5.19 Å². The molecule has 0 amide bonds. The van der Waals surface area contributed by atoms with Crippen molar-refractivity contribution in [2.75, 3.05) is 14.2 Å². The lowest BCUT2D eigenvalue weighted by Gasteiger charge is -2.34. The van der Waals surface area contributed by atoms with Gasteiger partial charge in [0.15, 0.2) is 0 Å². The maximum absolute atomic E-state index is 5.96. The molecular weight excluding hydrogens is 280 g/mol. The van der Waals surface area contributed by atoms with Crippen LogP contribution >= 0.6 is 0 Å². The van der Waals surface area contributed by atoms with Gasteiger partial charge in [-0.1, -0.05) is 37.3 Å². The van der Waals surface area contributed by atoms with Crippen molar-refractivity contribution < 1.29 is 13.6 Å². The lowest BCUT2D eigenvalue weighted by molar-refractivity contribution is 0.228. The molecule has 0 aromatic heterocycles. The quantitative estimate of drug-likeness (QED) is 0.598. The van der Waals surface area contributed by atoms with Crippen molar-refractivity contribution in [1.29, 1.82) is 0 Å². The normalized spacial score (nSPS) is 29.8. The summed E-state index contributed by atoms with van der Waals surface area (Å²) in [6.07, 6.45) is 4.87. The predicted molar refractivity (Wildman–Crippen MR) is 85.8 cm³/mol. The van der Waals surface area contributed by atoms with E-state index in [1.807, 2.05) is 6.07 Å². The molecule has 1 aromatic carbocycles. The van der Waals surface area contributed by atoms with Gasteiger partial charge in [-0.05, 0) is 42.3 Å². The molecule has 21 heavy (non-hydrogen) atoms. The summed E-state index contributed by atoms with van der Waals surface area (Å²) in [4.78, 5) is 0. The van der Waals surface area contributed by atoms with Crippen LogP contribution in [0.25, 0.3) is 0 Å². The second-order valence-corrected chi connectivity index (χ2v) is 9.80. The second-order valence-electron chi connectivity index (χ2n) is 6.49. The molecule has 116 valence electrons. The molecule has 1 heterocycles. The van der Waals surface area contributed by atoms with Gasteiger partial charge in [0.05, 0.1) is 12.2 Å². The number of epoxide rings is 1. The highest BCUT2D eigenvalue weighted by molar-refractivity contribution is 6.81. The fourth-order valence-electron chi connectivity index (χ4n) is 3.84. The van der Waals surface area contributed by atoms with Crippen LogP contribution in [0.2, 0.25) is 6.04 Å². The Balaban J connectivity index is 1.72. The molecule has 3 rings (SSSR count). The highest BCUT2D eigenvalue weighted by Gasteiger charge is 2.47. The number of ether oxygens (including phenoxy) is 1.